The summed E-state index contributed by atoms with van der Waals surface area (Å²) in [5.41, 5.74) is 2.72. The zero-order valence-corrected chi connectivity index (χ0v) is 12.8. The molecule has 0 saturated carbocycles. The first-order valence-electron chi connectivity index (χ1n) is 8.08. The van der Waals surface area contributed by atoms with Gasteiger partial charge < -0.3 is 9.88 Å². The van der Waals surface area contributed by atoms with Crippen molar-refractivity contribution in [1.82, 2.24) is 9.88 Å². The monoisotopic (exact) mass is 280 g/mol. The minimum absolute atomic E-state index is 1.10. The zero-order chi connectivity index (χ0) is 14.5. The van der Waals surface area contributed by atoms with E-state index in [1.807, 2.05) is 0 Å². The van der Waals surface area contributed by atoms with Gasteiger partial charge in [0.05, 0.1) is 0 Å². The summed E-state index contributed by atoms with van der Waals surface area (Å²) in [6, 6.07) is 17.5. The molecular formula is C19H24N2. The molecule has 0 aliphatic carbocycles. The molecule has 0 spiro atoms. The number of hydrogen-bond acceptors (Lipinski definition) is 1. The van der Waals surface area contributed by atoms with Crippen LogP contribution in [0.4, 0.5) is 0 Å². The average Bonchev–Trinajstić information content (AvgIpc) is 2.85. The number of nitrogens with one attached hydrogen (secondary N) is 1. The number of hydrogen-bond donors (Lipinski definition) is 1. The SMILES string of the molecule is CCCNCCCCn1c2ccccc2c2ccccc21. The molecule has 0 amide bonds. The standard InChI is InChI=1S/C19H24N2/c1-2-13-20-14-7-8-15-21-18-11-5-3-9-16(18)17-10-4-6-12-19(17)21/h3-6,9-12,20H,2,7-8,13-15H2,1H3. The smallest absolute Gasteiger partial charge is 0.0491 e. The number of nitrogens with zero attached hydrogens (tertiary/aromatic N) is 1. The minimum Gasteiger partial charge on any atom is -0.340 e. The number of para-hydroxylation sites is 2. The number of rotatable bonds is 7. The fourth-order valence-corrected chi connectivity index (χ4v) is 3.07. The normalized spacial score (nSPS) is 11.5. The molecule has 1 aromatic heterocycles. The Balaban J connectivity index is 1.80. The molecule has 3 rings (SSSR count). The van der Waals surface area contributed by atoms with Crippen molar-refractivity contribution >= 4 is 21.8 Å². The van der Waals surface area contributed by atoms with E-state index in [9.17, 15) is 0 Å². The summed E-state index contributed by atoms with van der Waals surface area (Å²) in [7, 11) is 0. The van der Waals surface area contributed by atoms with Gasteiger partial charge in [-0.15, -0.1) is 0 Å². The third kappa shape index (κ3) is 2.96. The van der Waals surface area contributed by atoms with E-state index in [-0.39, 0.29) is 0 Å². The van der Waals surface area contributed by atoms with Crippen LogP contribution in [0.5, 0.6) is 0 Å². The third-order valence-electron chi connectivity index (χ3n) is 4.09. The van der Waals surface area contributed by atoms with Crippen molar-refractivity contribution in [3.8, 4) is 0 Å². The largest absolute Gasteiger partial charge is 0.340 e. The Morgan fingerprint density at radius 3 is 2.05 bits per heavy atom. The van der Waals surface area contributed by atoms with Crippen LogP contribution < -0.4 is 5.32 Å². The zero-order valence-electron chi connectivity index (χ0n) is 12.8. The molecule has 0 saturated heterocycles. The summed E-state index contributed by atoms with van der Waals surface area (Å²) in [6.07, 6.45) is 3.67. The highest BCUT2D eigenvalue weighted by Crippen LogP contribution is 2.28. The molecule has 0 radical (unpaired) electrons. The molecule has 0 unspecified atom stereocenters. The van der Waals surface area contributed by atoms with Gasteiger partial charge in [0.1, 0.15) is 0 Å². The van der Waals surface area contributed by atoms with Crippen molar-refractivity contribution in [1.29, 1.82) is 0 Å². The molecule has 110 valence electrons. The number of aryl methyl sites for hydroxylation is 1. The molecule has 1 heterocycles. The van der Waals surface area contributed by atoms with E-state index in [1.54, 1.807) is 0 Å². The van der Waals surface area contributed by atoms with Gasteiger partial charge in [0.25, 0.3) is 0 Å². The minimum atomic E-state index is 1.10. The van der Waals surface area contributed by atoms with Crippen LogP contribution >= 0.6 is 0 Å². The van der Waals surface area contributed by atoms with Crippen molar-refractivity contribution < 1.29 is 0 Å². The van der Waals surface area contributed by atoms with Gasteiger partial charge in [-0.3, -0.25) is 0 Å². The molecular weight excluding hydrogens is 256 g/mol. The van der Waals surface area contributed by atoms with E-state index in [1.165, 1.54) is 41.1 Å². The molecule has 3 aromatic rings. The van der Waals surface area contributed by atoms with E-state index >= 15 is 0 Å². The van der Waals surface area contributed by atoms with Crippen molar-refractivity contribution in [3.05, 3.63) is 48.5 Å². The van der Waals surface area contributed by atoms with Crippen LogP contribution in [0.25, 0.3) is 21.8 Å². The van der Waals surface area contributed by atoms with Gasteiger partial charge in [-0.1, -0.05) is 43.3 Å². The van der Waals surface area contributed by atoms with Crippen LogP contribution in [0, 0.1) is 0 Å². The molecule has 21 heavy (non-hydrogen) atoms. The molecule has 2 heteroatoms. The van der Waals surface area contributed by atoms with Crippen LogP contribution in [0.15, 0.2) is 48.5 Å². The van der Waals surface area contributed by atoms with Gasteiger partial charge in [-0.05, 0) is 44.5 Å². The lowest BCUT2D eigenvalue weighted by molar-refractivity contribution is 0.580. The number of unbranched alkanes of at least 4 members (excludes halogenated alkanes) is 1. The highest BCUT2D eigenvalue weighted by Gasteiger charge is 2.08. The highest BCUT2D eigenvalue weighted by molar-refractivity contribution is 6.07. The van der Waals surface area contributed by atoms with Gasteiger partial charge >= 0.3 is 0 Å². The van der Waals surface area contributed by atoms with E-state index in [2.05, 4.69) is 65.3 Å². The predicted molar refractivity (Wildman–Crippen MR) is 91.8 cm³/mol. The Hall–Kier alpha value is -1.80. The second-order valence-electron chi connectivity index (χ2n) is 5.64. The number of fused-ring (bicyclic) bond motifs is 3. The van der Waals surface area contributed by atoms with Crippen molar-refractivity contribution in [3.63, 3.8) is 0 Å². The molecule has 0 bridgehead atoms. The van der Waals surface area contributed by atoms with Crippen molar-refractivity contribution in [2.75, 3.05) is 13.1 Å². The molecule has 2 nitrogen and oxygen atoms in total. The Kier molecular flexibility index (Phi) is 4.56. The fraction of sp³-hybridized carbons (Fsp3) is 0.368. The lowest BCUT2D eigenvalue weighted by Crippen LogP contribution is -2.16. The first-order valence-corrected chi connectivity index (χ1v) is 8.08. The lowest BCUT2D eigenvalue weighted by Gasteiger charge is -2.08. The van der Waals surface area contributed by atoms with Crippen LogP contribution in [0.3, 0.4) is 0 Å². The number of aromatic nitrogens is 1. The van der Waals surface area contributed by atoms with Crippen molar-refractivity contribution in [2.24, 2.45) is 0 Å². The molecule has 1 N–H and O–H groups in total. The Bertz CT molecular complexity index is 658. The van der Waals surface area contributed by atoms with Gasteiger partial charge in [0, 0.05) is 28.4 Å². The maximum atomic E-state index is 3.48. The number of benzene rings is 2. The maximum Gasteiger partial charge on any atom is 0.0491 e. The van der Waals surface area contributed by atoms with E-state index < -0.39 is 0 Å². The summed E-state index contributed by atoms with van der Waals surface area (Å²) in [5.74, 6) is 0. The fourth-order valence-electron chi connectivity index (χ4n) is 3.07. The van der Waals surface area contributed by atoms with Crippen LogP contribution in [0.2, 0.25) is 0 Å². The van der Waals surface area contributed by atoms with E-state index in [0.29, 0.717) is 0 Å². The molecule has 0 aliphatic heterocycles. The molecule has 0 aliphatic rings. The van der Waals surface area contributed by atoms with Crippen LogP contribution in [-0.4, -0.2) is 17.7 Å². The van der Waals surface area contributed by atoms with Gasteiger partial charge in [-0.2, -0.15) is 0 Å². The van der Waals surface area contributed by atoms with Gasteiger partial charge in [-0.25, -0.2) is 0 Å². The summed E-state index contributed by atoms with van der Waals surface area (Å²) >= 11 is 0. The van der Waals surface area contributed by atoms with Gasteiger partial charge in [0.15, 0.2) is 0 Å². The Morgan fingerprint density at radius 1 is 0.810 bits per heavy atom. The summed E-state index contributed by atoms with van der Waals surface area (Å²) < 4.78 is 2.48. The highest BCUT2D eigenvalue weighted by atomic mass is 15.0. The topological polar surface area (TPSA) is 17.0 Å². The summed E-state index contributed by atoms with van der Waals surface area (Å²) in [6.45, 7) is 5.58. The molecule has 0 fully saturated rings. The summed E-state index contributed by atoms with van der Waals surface area (Å²) in [5, 5.41) is 6.23. The van der Waals surface area contributed by atoms with E-state index in [0.717, 1.165) is 19.6 Å². The first kappa shape index (κ1) is 14.2. The molecule has 0 atom stereocenters. The third-order valence-corrected chi connectivity index (χ3v) is 4.09. The van der Waals surface area contributed by atoms with Crippen LogP contribution in [0.1, 0.15) is 26.2 Å². The first-order chi connectivity index (χ1) is 10.4. The Morgan fingerprint density at radius 2 is 1.43 bits per heavy atom. The maximum absolute atomic E-state index is 3.48. The van der Waals surface area contributed by atoms with Crippen LogP contribution in [-0.2, 0) is 6.54 Å². The van der Waals surface area contributed by atoms with Gasteiger partial charge in [0.2, 0.25) is 0 Å². The lowest BCUT2D eigenvalue weighted by atomic mass is 10.2. The Labute approximate surface area is 126 Å². The average molecular weight is 280 g/mol. The van der Waals surface area contributed by atoms with E-state index in [4.69, 9.17) is 0 Å². The van der Waals surface area contributed by atoms with Crippen molar-refractivity contribution in [2.45, 2.75) is 32.7 Å². The molecule has 2 aromatic carbocycles. The summed E-state index contributed by atoms with van der Waals surface area (Å²) in [4.78, 5) is 0. The second-order valence-corrected chi connectivity index (χ2v) is 5.64. The quantitative estimate of drug-likeness (QED) is 0.627. The predicted octanol–water partition coefficient (Wildman–Crippen LogP) is 4.57. The second kappa shape index (κ2) is 6.77.